The van der Waals surface area contributed by atoms with Crippen LogP contribution < -0.4 is 4.90 Å². The van der Waals surface area contributed by atoms with Crippen LogP contribution in [0.2, 0.25) is 0 Å². The summed E-state index contributed by atoms with van der Waals surface area (Å²) >= 11 is 0. The fraction of sp³-hybridized carbons (Fsp3) is 0.355. The van der Waals surface area contributed by atoms with Crippen LogP contribution in [0.15, 0.2) is 59.3 Å². The lowest BCUT2D eigenvalue weighted by Gasteiger charge is -2.47. The predicted octanol–water partition coefficient (Wildman–Crippen LogP) is 6.79. The minimum Gasteiger partial charge on any atom is -0.478 e. The Kier molecular flexibility index (Phi) is 4.91. The van der Waals surface area contributed by atoms with Crippen LogP contribution in [0, 0.1) is 12.3 Å². The van der Waals surface area contributed by atoms with E-state index < -0.39 is 5.97 Å². The minimum atomic E-state index is -0.880. The number of nitrogens with zero attached hydrogens (tertiary/aromatic N) is 3. The molecule has 2 aliphatic carbocycles. The Hall–Kier alpha value is -3.80. The van der Waals surface area contributed by atoms with Crippen molar-refractivity contribution in [1.29, 1.82) is 0 Å². The molecule has 3 heterocycles. The monoisotopic (exact) mass is 493 g/mol. The van der Waals surface area contributed by atoms with Crippen molar-refractivity contribution >= 4 is 28.1 Å². The van der Waals surface area contributed by atoms with Gasteiger partial charge >= 0.3 is 5.97 Å². The molecule has 2 fully saturated rings. The highest BCUT2D eigenvalue weighted by Crippen LogP contribution is 2.55. The van der Waals surface area contributed by atoms with Gasteiger partial charge in [-0.05, 0) is 73.8 Å². The van der Waals surface area contributed by atoms with Crippen molar-refractivity contribution in [2.45, 2.75) is 44.9 Å². The highest BCUT2D eigenvalue weighted by molar-refractivity contribution is 6.04. The Morgan fingerprint density at radius 2 is 1.89 bits per heavy atom. The number of aromatic carboxylic acids is 1. The Morgan fingerprint density at radius 3 is 2.59 bits per heavy atom. The molecule has 2 aromatic carbocycles. The maximum Gasteiger partial charge on any atom is 0.337 e. The highest BCUT2D eigenvalue weighted by atomic mass is 16.5. The first-order valence-corrected chi connectivity index (χ1v) is 13.3. The zero-order chi connectivity index (χ0) is 25.3. The maximum atomic E-state index is 11.6. The van der Waals surface area contributed by atoms with Gasteiger partial charge in [0.25, 0.3) is 0 Å². The molecular formula is C31H31N3O3. The lowest BCUT2D eigenvalue weighted by molar-refractivity contribution is 0.0699. The van der Waals surface area contributed by atoms with E-state index in [1.54, 1.807) is 6.20 Å². The van der Waals surface area contributed by atoms with E-state index in [2.05, 4.69) is 59.5 Å². The predicted molar refractivity (Wildman–Crippen MR) is 145 cm³/mol. The molecule has 7 rings (SSSR count). The number of carboxylic acid groups (broad SMARTS) is 1. The average molecular weight is 494 g/mol. The van der Waals surface area contributed by atoms with Crippen LogP contribution in [0.3, 0.4) is 0 Å². The number of aromatic nitrogens is 2. The molecular weight excluding hydrogens is 462 g/mol. The van der Waals surface area contributed by atoms with Crippen molar-refractivity contribution in [3.05, 3.63) is 77.2 Å². The molecule has 37 heavy (non-hydrogen) atoms. The Morgan fingerprint density at radius 1 is 1.14 bits per heavy atom. The summed E-state index contributed by atoms with van der Waals surface area (Å²) in [6, 6.07) is 14.6. The summed E-state index contributed by atoms with van der Waals surface area (Å²) in [5.74, 6) is 0.733. The fourth-order valence-electron chi connectivity index (χ4n) is 6.41. The normalized spacial score (nSPS) is 18.8. The summed E-state index contributed by atoms with van der Waals surface area (Å²) in [7, 11) is 1.91. The summed E-state index contributed by atoms with van der Waals surface area (Å²) < 4.78 is 7.87. The molecule has 4 aromatic rings. The molecule has 1 aliphatic heterocycles. The van der Waals surface area contributed by atoms with Crippen LogP contribution in [-0.4, -0.2) is 33.9 Å². The number of hydrogen-bond donors (Lipinski definition) is 1. The molecule has 0 bridgehead atoms. The summed E-state index contributed by atoms with van der Waals surface area (Å²) in [5.41, 5.74) is 8.81. The minimum absolute atomic E-state index is 0.248. The number of rotatable bonds is 5. The van der Waals surface area contributed by atoms with Gasteiger partial charge in [-0.25, -0.2) is 4.79 Å². The smallest absolute Gasteiger partial charge is 0.337 e. The second-order valence-electron chi connectivity index (χ2n) is 11.2. The van der Waals surface area contributed by atoms with Gasteiger partial charge in [0.15, 0.2) is 0 Å². The van der Waals surface area contributed by atoms with Crippen LogP contribution in [0.5, 0.6) is 0 Å². The second-order valence-corrected chi connectivity index (χ2v) is 11.2. The van der Waals surface area contributed by atoms with Gasteiger partial charge in [-0.2, -0.15) is 0 Å². The third kappa shape index (κ3) is 3.61. The zero-order valence-corrected chi connectivity index (χ0v) is 21.3. The molecule has 188 valence electrons. The van der Waals surface area contributed by atoms with E-state index in [1.807, 2.05) is 17.7 Å². The van der Waals surface area contributed by atoms with Crippen molar-refractivity contribution in [2.75, 3.05) is 18.0 Å². The summed E-state index contributed by atoms with van der Waals surface area (Å²) in [5, 5.41) is 14.9. The lowest BCUT2D eigenvalue weighted by Crippen LogP contribution is -2.42. The number of carbonyl (C=O) groups is 1. The Labute approximate surface area is 216 Å². The van der Waals surface area contributed by atoms with E-state index in [0.29, 0.717) is 11.5 Å². The van der Waals surface area contributed by atoms with Gasteiger partial charge in [0.1, 0.15) is 11.5 Å². The quantitative estimate of drug-likeness (QED) is 0.331. The van der Waals surface area contributed by atoms with Crippen molar-refractivity contribution in [3.63, 3.8) is 0 Å². The molecule has 0 unspecified atom stereocenters. The zero-order valence-electron chi connectivity index (χ0n) is 21.3. The number of aryl methyl sites for hydroxylation is 2. The van der Waals surface area contributed by atoms with Crippen molar-refractivity contribution in [2.24, 2.45) is 12.5 Å². The van der Waals surface area contributed by atoms with Gasteiger partial charge in [0, 0.05) is 54.5 Å². The molecule has 0 radical (unpaired) electrons. The van der Waals surface area contributed by atoms with E-state index in [9.17, 15) is 9.90 Å². The van der Waals surface area contributed by atoms with Gasteiger partial charge < -0.3 is 19.1 Å². The maximum absolute atomic E-state index is 11.6. The van der Waals surface area contributed by atoms with E-state index in [1.165, 1.54) is 40.8 Å². The summed E-state index contributed by atoms with van der Waals surface area (Å²) in [6.07, 6.45) is 9.93. The highest BCUT2D eigenvalue weighted by Gasteiger charge is 2.43. The summed E-state index contributed by atoms with van der Waals surface area (Å²) in [4.78, 5) is 14.0. The van der Waals surface area contributed by atoms with E-state index >= 15 is 0 Å². The average Bonchev–Trinajstić information content (AvgIpc) is 3.55. The molecule has 6 nitrogen and oxygen atoms in total. The van der Waals surface area contributed by atoms with E-state index in [4.69, 9.17) is 4.52 Å². The number of carboxylic acids is 1. The number of allylic oxidation sites excluding steroid dienone is 2. The van der Waals surface area contributed by atoms with Crippen LogP contribution in [-0.2, 0) is 7.05 Å². The molecule has 3 aliphatic rings. The molecule has 2 aromatic heterocycles. The van der Waals surface area contributed by atoms with Gasteiger partial charge in [0.05, 0.1) is 11.1 Å². The van der Waals surface area contributed by atoms with Crippen LogP contribution in [0.25, 0.3) is 27.7 Å². The number of anilines is 1. The van der Waals surface area contributed by atoms with Gasteiger partial charge in [-0.15, -0.1) is 0 Å². The third-order valence-electron chi connectivity index (χ3n) is 8.74. The van der Waals surface area contributed by atoms with Gasteiger partial charge in [0.2, 0.25) is 0 Å². The van der Waals surface area contributed by atoms with E-state index in [-0.39, 0.29) is 5.41 Å². The molecule has 1 N–H and O–H groups in total. The number of hydrogen-bond acceptors (Lipinski definition) is 4. The molecule has 0 amide bonds. The first kappa shape index (κ1) is 22.4. The first-order valence-electron chi connectivity index (χ1n) is 13.3. The molecule has 1 saturated heterocycles. The van der Waals surface area contributed by atoms with Crippen LogP contribution >= 0.6 is 0 Å². The molecule has 1 spiro atoms. The lowest BCUT2D eigenvalue weighted by atomic mass is 9.63. The third-order valence-corrected chi connectivity index (χ3v) is 8.74. The van der Waals surface area contributed by atoms with Crippen molar-refractivity contribution in [3.8, 4) is 11.3 Å². The van der Waals surface area contributed by atoms with Crippen molar-refractivity contribution < 1.29 is 14.4 Å². The van der Waals surface area contributed by atoms with Gasteiger partial charge in [-0.1, -0.05) is 35.5 Å². The Bertz CT molecular complexity index is 1580. The van der Waals surface area contributed by atoms with Gasteiger partial charge in [-0.3, -0.25) is 0 Å². The SMILES string of the molecule is Cc1ccccc1-c1noc(C2CC2)c1C1=CC2(CCN(c3ccc4c(C(=O)O)cn(C)c4c3)CC2)C1. The van der Waals surface area contributed by atoms with Crippen LogP contribution in [0.4, 0.5) is 5.69 Å². The Balaban J connectivity index is 1.13. The molecule has 6 heteroatoms. The van der Waals surface area contributed by atoms with Crippen LogP contribution in [0.1, 0.15) is 65.3 Å². The number of fused-ring (bicyclic) bond motifs is 1. The topological polar surface area (TPSA) is 71.5 Å². The summed E-state index contributed by atoms with van der Waals surface area (Å²) in [6.45, 7) is 4.14. The molecule has 0 atom stereocenters. The first-order chi connectivity index (χ1) is 17.9. The number of piperidine rings is 1. The van der Waals surface area contributed by atoms with E-state index in [0.717, 1.165) is 54.7 Å². The number of benzene rings is 2. The second kappa shape index (κ2) is 8.10. The van der Waals surface area contributed by atoms with Crippen molar-refractivity contribution in [1.82, 2.24) is 9.72 Å². The molecule has 1 saturated carbocycles. The standard InChI is InChI=1S/C31H31N3O3/c1-19-5-3-4-6-23(19)28-27(29(37-32-28)20-7-8-20)21-16-31(17-21)11-13-34(14-12-31)22-9-10-24-25(30(35)36)18-33(2)26(24)15-22/h3-6,9-10,15-16,18,20H,7-8,11-14,17H2,1-2H3,(H,35,36). The fourth-order valence-corrected chi connectivity index (χ4v) is 6.41. The largest absolute Gasteiger partial charge is 0.478 e.